The molecule has 3 N–H and O–H groups in total. The third kappa shape index (κ3) is 5.10. The van der Waals surface area contributed by atoms with E-state index in [1.54, 1.807) is 48.7 Å². The zero-order valence-electron chi connectivity index (χ0n) is 16.1. The Hall–Kier alpha value is -3.87. The average Bonchev–Trinajstić information content (AvgIpc) is 2.68. The number of nitrogens with one attached hydrogen (secondary N) is 2. The molecule has 0 saturated heterocycles. The van der Waals surface area contributed by atoms with E-state index in [9.17, 15) is 19.5 Å². The van der Waals surface area contributed by atoms with Gasteiger partial charge in [0.1, 0.15) is 12.3 Å². The zero-order chi connectivity index (χ0) is 21.0. The number of rotatable bonds is 5. The number of aromatic hydroxyl groups is 1. The molecule has 0 radical (unpaired) electrons. The van der Waals surface area contributed by atoms with Crippen LogP contribution in [0.5, 0.6) is 5.75 Å². The molecular weight excluding hydrogens is 370 g/mol. The van der Waals surface area contributed by atoms with Crippen LogP contribution in [0, 0.1) is 13.8 Å². The lowest BCUT2D eigenvalue weighted by atomic mass is 10.1. The number of hydrogen-bond acceptors (Lipinski definition) is 4. The van der Waals surface area contributed by atoms with Gasteiger partial charge in [0.15, 0.2) is 0 Å². The summed E-state index contributed by atoms with van der Waals surface area (Å²) in [5, 5.41) is 15.2. The van der Waals surface area contributed by atoms with E-state index >= 15 is 0 Å². The largest absolute Gasteiger partial charge is 0.506 e. The van der Waals surface area contributed by atoms with Gasteiger partial charge in [0.25, 0.3) is 11.5 Å². The number of aromatic nitrogens is 1. The van der Waals surface area contributed by atoms with Gasteiger partial charge >= 0.3 is 0 Å². The molecule has 29 heavy (non-hydrogen) atoms. The Kier molecular flexibility index (Phi) is 5.78. The van der Waals surface area contributed by atoms with Crippen molar-refractivity contribution in [2.75, 3.05) is 10.6 Å². The molecule has 0 saturated carbocycles. The maximum Gasteiger partial charge on any atom is 0.255 e. The van der Waals surface area contributed by atoms with Crippen LogP contribution in [0.15, 0.2) is 65.6 Å². The van der Waals surface area contributed by atoms with Gasteiger partial charge in [0.2, 0.25) is 5.91 Å². The van der Waals surface area contributed by atoms with Gasteiger partial charge in [0.05, 0.1) is 5.69 Å². The van der Waals surface area contributed by atoms with Crippen molar-refractivity contribution in [1.29, 1.82) is 0 Å². The van der Waals surface area contributed by atoms with Crippen LogP contribution < -0.4 is 16.2 Å². The molecule has 0 unspecified atom stereocenters. The van der Waals surface area contributed by atoms with E-state index in [0.29, 0.717) is 16.9 Å². The van der Waals surface area contributed by atoms with Gasteiger partial charge in [-0.1, -0.05) is 12.1 Å². The Balaban J connectivity index is 1.64. The number of anilines is 2. The molecule has 0 spiro atoms. The first-order valence-corrected chi connectivity index (χ1v) is 9.00. The molecule has 0 fully saturated rings. The SMILES string of the molecule is Cc1ccc(O)c(NC(=O)c2ccc(NC(=O)Cn3cc(C)ccc3=O)cc2)c1. The number of phenols is 1. The summed E-state index contributed by atoms with van der Waals surface area (Å²) < 4.78 is 1.33. The molecule has 1 heterocycles. The lowest BCUT2D eigenvalue weighted by Gasteiger charge is -2.10. The van der Waals surface area contributed by atoms with Crippen molar-refractivity contribution in [2.45, 2.75) is 20.4 Å². The molecule has 148 valence electrons. The van der Waals surface area contributed by atoms with E-state index in [1.165, 1.54) is 16.7 Å². The summed E-state index contributed by atoms with van der Waals surface area (Å²) in [6, 6.07) is 14.4. The minimum Gasteiger partial charge on any atom is -0.506 e. The van der Waals surface area contributed by atoms with Gasteiger partial charge < -0.3 is 20.3 Å². The third-order valence-electron chi connectivity index (χ3n) is 4.28. The molecule has 0 bridgehead atoms. The first kappa shape index (κ1) is 19.9. The van der Waals surface area contributed by atoms with Crippen LogP contribution in [-0.4, -0.2) is 21.5 Å². The van der Waals surface area contributed by atoms with Crippen LogP contribution in [0.1, 0.15) is 21.5 Å². The Morgan fingerprint density at radius 3 is 2.34 bits per heavy atom. The van der Waals surface area contributed by atoms with Crippen molar-refractivity contribution in [3.8, 4) is 5.75 Å². The van der Waals surface area contributed by atoms with Crippen molar-refractivity contribution in [3.63, 3.8) is 0 Å². The normalized spacial score (nSPS) is 10.4. The highest BCUT2D eigenvalue weighted by atomic mass is 16.3. The summed E-state index contributed by atoms with van der Waals surface area (Å²) in [5.41, 5.74) is 2.74. The number of aryl methyl sites for hydroxylation is 2. The molecule has 0 atom stereocenters. The van der Waals surface area contributed by atoms with E-state index in [2.05, 4.69) is 10.6 Å². The third-order valence-corrected chi connectivity index (χ3v) is 4.28. The van der Waals surface area contributed by atoms with E-state index in [0.717, 1.165) is 11.1 Å². The van der Waals surface area contributed by atoms with Crippen molar-refractivity contribution in [3.05, 3.63) is 87.8 Å². The van der Waals surface area contributed by atoms with Crippen LogP contribution in [0.4, 0.5) is 11.4 Å². The van der Waals surface area contributed by atoms with Crippen LogP contribution in [0.3, 0.4) is 0 Å². The van der Waals surface area contributed by atoms with E-state index in [4.69, 9.17) is 0 Å². The van der Waals surface area contributed by atoms with Crippen molar-refractivity contribution in [2.24, 2.45) is 0 Å². The average molecular weight is 391 g/mol. The summed E-state index contributed by atoms with van der Waals surface area (Å²) in [5.74, 6) is -0.742. The molecule has 1 aromatic heterocycles. The number of hydrogen-bond donors (Lipinski definition) is 3. The lowest BCUT2D eigenvalue weighted by Crippen LogP contribution is -2.26. The fraction of sp³-hybridized carbons (Fsp3) is 0.136. The summed E-state index contributed by atoms with van der Waals surface area (Å²) in [6.45, 7) is 3.60. The summed E-state index contributed by atoms with van der Waals surface area (Å²) >= 11 is 0. The summed E-state index contributed by atoms with van der Waals surface area (Å²) in [7, 11) is 0. The number of nitrogens with zero attached hydrogens (tertiary/aromatic N) is 1. The van der Waals surface area contributed by atoms with Gasteiger partial charge in [-0.3, -0.25) is 14.4 Å². The van der Waals surface area contributed by atoms with Crippen molar-refractivity contribution >= 4 is 23.2 Å². The number of carbonyl (C=O) groups is 2. The smallest absolute Gasteiger partial charge is 0.255 e. The molecule has 3 rings (SSSR count). The predicted octanol–water partition coefficient (Wildman–Crippen LogP) is 3.06. The van der Waals surface area contributed by atoms with Crippen LogP contribution in [0.25, 0.3) is 0 Å². The zero-order valence-corrected chi connectivity index (χ0v) is 16.1. The fourth-order valence-electron chi connectivity index (χ4n) is 2.78. The molecule has 2 aromatic carbocycles. The highest BCUT2D eigenvalue weighted by Gasteiger charge is 2.10. The number of carbonyl (C=O) groups excluding carboxylic acids is 2. The van der Waals surface area contributed by atoms with Gasteiger partial charge in [-0.2, -0.15) is 0 Å². The van der Waals surface area contributed by atoms with E-state index < -0.39 is 0 Å². The van der Waals surface area contributed by atoms with Gasteiger partial charge in [-0.15, -0.1) is 0 Å². The Labute approximate surface area is 167 Å². The molecular formula is C22H21N3O4. The van der Waals surface area contributed by atoms with Crippen LogP contribution >= 0.6 is 0 Å². The second-order valence-corrected chi connectivity index (χ2v) is 6.77. The maximum absolute atomic E-state index is 12.4. The minimum absolute atomic E-state index is 0.0146. The standard InChI is InChI=1S/C22H21N3O4/c1-14-3-9-19(26)18(11-14)24-22(29)16-5-7-17(8-6-16)23-20(27)13-25-12-15(2)4-10-21(25)28/h3-12,26H,13H2,1-2H3,(H,23,27)(H,24,29). The molecule has 0 aliphatic heterocycles. The number of pyridine rings is 1. The van der Waals surface area contributed by atoms with Crippen LogP contribution in [-0.2, 0) is 11.3 Å². The van der Waals surface area contributed by atoms with Gasteiger partial charge in [-0.25, -0.2) is 0 Å². The Morgan fingerprint density at radius 2 is 1.62 bits per heavy atom. The fourth-order valence-corrected chi connectivity index (χ4v) is 2.78. The quantitative estimate of drug-likeness (QED) is 0.582. The second-order valence-electron chi connectivity index (χ2n) is 6.77. The Morgan fingerprint density at radius 1 is 0.931 bits per heavy atom. The highest BCUT2D eigenvalue weighted by Crippen LogP contribution is 2.24. The molecule has 7 nitrogen and oxygen atoms in total. The van der Waals surface area contributed by atoms with Gasteiger partial charge in [-0.05, 0) is 61.4 Å². The second kappa shape index (κ2) is 8.43. The molecule has 0 aliphatic carbocycles. The minimum atomic E-state index is -0.380. The summed E-state index contributed by atoms with van der Waals surface area (Å²) in [6.07, 6.45) is 1.62. The lowest BCUT2D eigenvalue weighted by molar-refractivity contribution is -0.116. The molecule has 2 amide bonds. The van der Waals surface area contributed by atoms with E-state index in [1.807, 2.05) is 13.8 Å². The summed E-state index contributed by atoms with van der Waals surface area (Å²) in [4.78, 5) is 36.4. The van der Waals surface area contributed by atoms with Crippen molar-refractivity contribution in [1.82, 2.24) is 4.57 Å². The maximum atomic E-state index is 12.4. The predicted molar refractivity (Wildman–Crippen MR) is 111 cm³/mol. The monoisotopic (exact) mass is 391 g/mol. The van der Waals surface area contributed by atoms with Gasteiger partial charge in [0, 0.05) is 23.5 Å². The number of amides is 2. The first-order valence-electron chi connectivity index (χ1n) is 9.00. The van der Waals surface area contributed by atoms with E-state index in [-0.39, 0.29) is 29.7 Å². The number of benzene rings is 2. The Bertz CT molecular complexity index is 1120. The van der Waals surface area contributed by atoms with Crippen LogP contribution in [0.2, 0.25) is 0 Å². The molecule has 3 aromatic rings. The van der Waals surface area contributed by atoms with Crippen molar-refractivity contribution < 1.29 is 14.7 Å². The molecule has 7 heteroatoms. The highest BCUT2D eigenvalue weighted by molar-refractivity contribution is 6.05. The first-order chi connectivity index (χ1) is 13.8. The topological polar surface area (TPSA) is 100 Å². The molecule has 0 aliphatic rings. The number of phenolic OH excluding ortho intramolecular Hbond substituents is 1.